The zero-order chi connectivity index (χ0) is 7.66. The fraction of sp³-hybridized carbons (Fsp3) is 0.833. The van der Waals surface area contributed by atoms with Crippen LogP contribution in [0.3, 0.4) is 0 Å². The minimum atomic E-state index is 0.590. The van der Waals surface area contributed by atoms with Gasteiger partial charge in [0.15, 0.2) is 0 Å². The van der Waals surface area contributed by atoms with Crippen LogP contribution in [0.4, 0.5) is 0 Å². The molecule has 0 aromatic rings. The lowest BCUT2D eigenvalue weighted by Crippen LogP contribution is -2.17. The van der Waals surface area contributed by atoms with Crippen molar-refractivity contribution in [3.63, 3.8) is 0 Å². The monoisotopic (exact) mass is 163 g/mol. The standard InChI is InChI=1S/C6H13NO2S/c8-6-7-2-4-9-3-1-5-10/h6,10H,1-5H2,(H,7,8). The fourth-order valence-electron chi connectivity index (χ4n) is 0.459. The first-order valence-electron chi connectivity index (χ1n) is 3.27. The lowest BCUT2D eigenvalue weighted by atomic mass is 10.5. The number of hydrogen-bond acceptors (Lipinski definition) is 3. The van der Waals surface area contributed by atoms with Crippen LogP contribution in [0.5, 0.6) is 0 Å². The summed E-state index contributed by atoms with van der Waals surface area (Å²) in [6.45, 7) is 1.91. The average Bonchev–Trinajstić information content (AvgIpc) is 1.97. The largest absolute Gasteiger partial charge is 0.380 e. The number of thiol groups is 1. The third kappa shape index (κ3) is 7.78. The van der Waals surface area contributed by atoms with E-state index in [2.05, 4.69) is 17.9 Å². The topological polar surface area (TPSA) is 38.3 Å². The molecule has 0 unspecified atom stereocenters. The van der Waals surface area contributed by atoms with Crippen LogP contribution in [0.15, 0.2) is 0 Å². The first-order valence-corrected chi connectivity index (χ1v) is 3.90. The van der Waals surface area contributed by atoms with Gasteiger partial charge < -0.3 is 10.1 Å². The molecule has 0 aliphatic heterocycles. The van der Waals surface area contributed by atoms with Crippen molar-refractivity contribution in [1.82, 2.24) is 5.32 Å². The zero-order valence-electron chi connectivity index (χ0n) is 5.88. The molecule has 0 radical (unpaired) electrons. The molecule has 1 N–H and O–H groups in total. The maximum Gasteiger partial charge on any atom is 0.207 e. The van der Waals surface area contributed by atoms with Crippen LogP contribution in [0.2, 0.25) is 0 Å². The van der Waals surface area contributed by atoms with Crippen LogP contribution >= 0.6 is 12.6 Å². The second-order valence-electron chi connectivity index (χ2n) is 1.76. The maximum atomic E-state index is 9.71. The highest BCUT2D eigenvalue weighted by Gasteiger charge is 1.85. The number of hydrogen-bond donors (Lipinski definition) is 2. The fourth-order valence-corrected chi connectivity index (χ4v) is 0.588. The summed E-state index contributed by atoms with van der Waals surface area (Å²) < 4.78 is 5.11. The van der Waals surface area contributed by atoms with Gasteiger partial charge in [-0.25, -0.2) is 0 Å². The molecule has 0 atom stereocenters. The molecule has 0 aliphatic rings. The van der Waals surface area contributed by atoms with E-state index in [1.165, 1.54) is 0 Å². The molecule has 0 heterocycles. The molecule has 4 heteroatoms. The smallest absolute Gasteiger partial charge is 0.207 e. The van der Waals surface area contributed by atoms with Crippen LogP contribution in [0, 0.1) is 0 Å². The summed E-state index contributed by atoms with van der Waals surface area (Å²) >= 11 is 4.01. The first-order chi connectivity index (χ1) is 4.91. The molecule has 0 saturated carbocycles. The molecule has 10 heavy (non-hydrogen) atoms. The molecule has 0 fully saturated rings. The van der Waals surface area contributed by atoms with Crippen LogP contribution in [-0.4, -0.2) is 31.9 Å². The summed E-state index contributed by atoms with van der Waals surface area (Å²) in [5.41, 5.74) is 0. The van der Waals surface area contributed by atoms with Crippen molar-refractivity contribution < 1.29 is 9.53 Å². The third-order valence-corrected chi connectivity index (χ3v) is 1.24. The summed E-state index contributed by atoms with van der Waals surface area (Å²) in [6, 6.07) is 0. The lowest BCUT2D eigenvalue weighted by Gasteiger charge is -2.00. The summed E-state index contributed by atoms with van der Waals surface area (Å²) in [6.07, 6.45) is 1.63. The van der Waals surface area contributed by atoms with Gasteiger partial charge in [0.05, 0.1) is 6.61 Å². The Kier molecular flexibility index (Phi) is 8.59. The molecule has 0 spiro atoms. The van der Waals surface area contributed by atoms with Crippen molar-refractivity contribution in [2.24, 2.45) is 0 Å². The van der Waals surface area contributed by atoms with Crippen LogP contribution < -0.4 is 5.32 Å². The molecule has 0 aromatic carbocycles. The van der Waals surface area contributed by atoms with Crippen molar-refractivity contribution in [3.05, 3.63) is 0 Å². The summed E-state index contributed by atoms with van der Waals surface area (Å²) in [7, 11) is 0. The molecule has 3 nitrogen and oxygen atoms in total. The highest BCUT2D eigenvalue weighted by atomic mass is 32.1. The Bertz CT molecular complexity index is 80.1. The van der Waals surface area contributed by atoms with E-state index in [0.29, 0.717) is 19.6 Å². The van der Waals surface area contributed by atoms with Crippen molar-refractivity contribution in [1.29, 1.82) is 0 Å². The van der Waals surface area contributed by atoms with Gasteiger partial charge in [0, 0.05) is 13.2 Å². The van der Waals surface area contributed by atoms with Gasteiger partial charge in [-0.2, -0.15) is 12.6 Å². The number of rotatable bonds is 7. The van der Waals surface area contributed by atoms with E-state index in [1.54, 1.807) is 0 Å². The van der Waals surface area contributed by atoms with E-state index >= 15 is 0 Å². The number of carbonyl (C=O) groups excluding carboxylic acids is 1. The van der Waals surface area contributed by atoms with Gasteiger partial charge in [-0.15, -0.1) is 0 Å². The van der Waals surface area contributed by atoms with Gasteiger partial charge in [-0.1, -0.05) is 0 Å². The Morgan fingerprint density at radius 1 is 1.50 bits per heavy atom. The van der Waals surface area contributed by atoms with Gasteiger partial charge in [-0.3, -0.25) is 4.79 Å². The number of carbonyl (C=O) groups is 1. The number of nitrogens with one attached hydrogen (secondary N) is 1. The summed E-state index contributed by atoms with van der Waals surface area (Å²) in [4.78, 5) is 9.71. The lowest BCUT2D eigenvalue weighted by molar-refractivity contribution is -0.109. The highest BCUT2D eigenvalue weighted by molar-refractivity contribution is 7.80. The molecule has 0 rings (SSSR count). The minimum absolute atomic E-state index is 0.590. The second kappa shape index (κ2) is 8.78. The second-order valence-corrected chi connectivity index (χ2v) is 2.21. The van der Waals surface area contributed by atoms with Crippen molar-refractivity contribution in [3.8, 4) is 0 Å². The molecule has 0 saturated heterocycles. The zero-order valence-corrected chi connectivity index (χ0v) is 6.77. The van der Waals surface area contributed by atoms with Crippen molar-refractivity contribution >= 4 is 19.0 Å². The number of amides is 1. The van der Waals surface area contributed by atoms with E-state index in [0.717, 1.165) is 18.8 Å². The van der Waals surface area contributed by atoms with Gasteiger partial charge in [0.25, 0.3) is 0 Å². The molecule has 60 valence electrons. The molecular weight excluding hydrogens is 150 g/mol. The van der Waals surface area contributed by atoms with Gasteiger partial charge in [0.1, 0.15) is 0 Å². The Labute approximate surface area is 66.5 Å². The summed E-state index contributed by atoms with van der Waals surface area (Å²) in [5.74, 6) is 0.848. The SMILES string of the molecule is O=CNCCOCCCS. The van der Waals surface area contributed by atoms with Gasteiger partial charge in [0.2, 0.25) is 6.41 Å². The van der Waals surface area contributed by atoms with E-state index in [-0.39, 0.29) is 0 Å². The third-order valence-electron chi connectivity index (χ3n) is 0.921. The maximum absolute atomic E-state index is 9.71. The Morgan fingerprint density at radius 3 is 2.90 bits per heavy atom. The molecule has 0 bridgehead atoms. The van der Waals surface area contributed by atoms with Gasteiger partial charge in [-0.05, 0) is 12.2 Å². The first kappa shape index (κ1) is 9.78. The number of ether oxygens (including phenoxy) is 1. The van der Waals surface area contributed by atoms with Crippen LogP contribution in [0.25, 0.3) is 0 Å². The quantitative estimate of drug-likeness (QED) is 0.317. The Balaban J connectivity index is 2.70. The average molecular weight is 163 g/mol. The Morgan fingerprint density at radius 2 is 2.30 bits per heavy atom. The normalized spacial score (nSPS) is 9.30. The van der Waals surface area contributed by atoms with Crippen LogP contribution in [0.1, 0.15) is 6.42 Å². The summed E-state index contributed by atoms with van der Waals surface area (Å²) in [5, 5.41) is 2.50. The molecule has 1 amide bonds. The highest BCUT2D eigenvalue weighted by Crippen LogP contribution is 1.83. The predicted octanol–water partition coefficient (Wildman–Crippen LogP) is 0.0689. The van der Waals surface area contributed by atoms with E-state index < -0.39 is 0 Å². The predicted molar refractivity (Wildman–Crippen MR) is 43.4 cm³/mol. The van der Waals surface area contributed by atoms with E-state index in [9.17, 15) is 4.79 Å². The van der Waals surface area contributed by atoms with Gasteiger partial charge >= 0.3 is 0 Å². The molecular formula is C6H13NO2S. The van der Waals surface area contributed by atoms with Crippen molar-refractivity contribution in [2.75, 3.05) is 25.5 Å². The molecule has 0 aromatic heterocycles. The van der Waals surface area contributed by atoms with Crippen molar-refractivity contribution in [2.45, 2.75) is 6.42 Å². The molecule has 0 aliphatic carbocycles. The van der Waals surface area contributed by atoms with Crippen LogP contribution in [-0.2, 0) is 9.53 Å². The Hall–Kier alpha value is -0.220. The van der Waals surface area contributed by atoms with E-state index in [4.69, 9.17) is 4.74 Å². The minimum Gasteiger partial charge on any atom is -0.380 e. The van der Waals surface area contributed by atoms with E-state index in [1.807, 2.05) is 0 Å².